The number of nitrogens with one attached hydrogen (secondary N) is 1. The average Bonchev–Trinajstić information content (AvgIpc) is 2.39. The van der Waals surface area contributed by atoms with Crippen molar-refractivity contribution in [2.75, 3.05) is 5.32 Å². The van der Waals surface area contributed by atoms with Gasteiger partial charge in [-0.2, -0.15) is 0 Å². The molecule has 0 bridgehead atoms. The van der Waals surface area contributed by atoms with Crippen LogP contribution in [0.3, 0.4) is 0 Å². The van der Waals surface area contributed by atoms with Gasteiger partial charge in [0.25, 0.3) is 0 Å². The number of hydrogen-bond acceptors (Lipinski definition) is 2. The summed E-state index contributed by atoms with van der Waals surface area (Å²) in [6.45, 7) is 3.55. The maximum Gasteiger partial charge on any atom is 0.310 e. The lowest BCUT2D eigenvalue weighted by molar-refractivity contribution is -0.151. The number of carbonyl (C=O) groups excluding carboxylic acids is 1. The minimum Gasteiger partial charge on any atom is -0.481 e. The first-order valence-electron chi connectivity index (χ1n) is 6.33. The first kappa shape index (κ1) is 17.0. The number of anilines is 1. The van der Waals surface area contributed by atoms with Crippen LogP contribution < -0.4 is 5.32 Å². The molecule has 0 aliphatic carbocycles. The molecule has 0 saturated heterocycles. The topological polar surface area (TPSA) is 66.4 Å². The molecule has 0 aliphatic rings. The Morgan fingerprint density at radius 1 is 1.35 bits per heavy atom. The van der Waals surface area contributed by atoms with E-state index in [4.69, 9.17) is 11.6 Å². The van der Waals surface area contributed by atoms with Gasteiger partial charge in [0, 0.05) is 10.9 Å². The molecule has 0 atom stereocenters. The summed E-state index contributed by atoms with van der Waals surface area (Å²) in [5, 5.41) is 12.4. The Morgan fingerprint density at radius 2 is 1.95 bits per heavy atom. The predicted molar refractivity (Wildman–Crippen MR) is 83.0 cm³/mol. The molecule has 1 aromatic rings. The van der Waals surface area contributed by atoms with Crippen LogP contribution in [-0.2, 0) is 9.59 Å². The van der Waals surface area contributed by atoms with Crippen molar-refractivity contribution in [2.45, 2.75) is 33.1 Å². The minimum atomic E-state index is -1.02. The standard InChI is InChI=1S/C14H17BrClNO3/c1-3-14(4-2,13(19)20)8-12(18)17-11-6-5-9(15)7-10(11)16/h5-7H,3-4,8H2,1-2H3,(H,17,18)(H,19,20). The van der Waals surface area contributed by atoms with Gasteiger partial charge in [-0.25, -0.2) is 0 Å². The van der Waals surface area contributed by atoms with E-state index >= 15 is 0 Å². The highest BCUT2D eigenvalue weighted by molar-refractivity contribution is 9.10. The number of halogens is 2. The van der Waals surface area contributed by atoms with E-state index in [1.54, 1.807) is 32.0 Å². The van der Waals surface area contributed by atoms with Crippen molar-refractivity contribution in [3.63, 3.8) is 0 Å². The van der Waals surface area contributed by atoms with Crippen LogP contribution in [0.5, 0.6) is 0 Å². The molecule has 0 aliphatic heterocycles. The maximum absolute atomic E-state index is 12.0. The first-order valence-corrected chi connectivity index (χ1v) is 7.50. The fourth-order valence-electron chi connectivity index (χ4n) is 1.97. The first-order chi connectivity index (χ1) is 9.34. The molecule has 20 heavy (non-hydrogen) atoms. The van der Waals surface area contributed by atoms with Crippen LogP contribution in [0.1, 0.15) is 33.1 Å². The summed E-state index contributed by atoms with van der Waals surface area (Å²) >= 11 is 9.29. The van der Waals surface area contributed by atoms with Crippen molar-refractivity contribution < 1.29 is 14.7 Å². The lowest BCUT2D eigenvalue weighted by Crippen LogP contribution is -2.34. The normalized spacial score (nSPS) is 11.2. The largest absolute Gasteiger partial charge is 0.481 e. The van der Waals surface area contributed by atoms with Crippen LogP contribution >= 0.6 is 27.5 Å². The molecule has 1 aromatic carbocycles. The van der Waals surface area contributed by atoms with Crippen LogP contribution in [0.2, 0.25) is 5.02 Å². The lowest BCUT2D eigenvalue weighted by atomic mass is 9.79. The number of hydrogen-bond donors (Lipinski definition) is 2. The molecule has 0 fully saturated rings. The zero-order chi connectivity index (χ0) is 15.3. The van der Waals surface area contributed by atoms with Gasteiger partial charge in [-0.3, -0.25) is 9.59 Å². The maximum atomic E-state index is 12.0. The third-order valence-corrected chi connectivity index (χ3v) is 4.32. The highest BCUT2D eigenvalue weighted by Crippen LogP contribution is 2.32. The van der Waals surface area contributed by atoms with Gasteiger partial charge < -0.3 is 10.4 Å². The summed E-state index contributed by atoms with van der Waals surface area (Å²) < 4.78 is 0.808. The van der Waals surface area contributed by atoms with E-state index in [-0.39, 0.29) is 12.3 Å². The van der Waals surface area contributed by atoms with E-state index in [1.165, 1.54) is 0 Å². The molecule has 2 N–H and O–H groups in total. The smallest absolute Gasteiger partial charge is 0.310 e. The predicted octanol–water partition coefficient (Wildman–Crippen LogP) is 4.32. The fraction of sp³-hybridized carbons (Fsp3) is 0.429. The van der Waals surface area contributed by atoms with Crippen LogP contribution in [-0.4, -0.2) is 17.0 Å². The number of carbonyl (C=O) groups is 2. The molecular formula is C14H17BrClNO3. The van der Waals surface area contributed by atoms with Crippen LogP contribution in [0, 0.1) is 5.41 Å². The molecule has 0 unspecified atom stereocenters. The molecule has 6 heteroatoms. The van der Waals surface area contributed by atoms with Crippen molar-refractivity contribution in [1.82, 2.24) is 0 Å². The Kier molecular flexibility index (Phi) is 6.02. The summed E-state index contributed by atoms with van der Waals surface area (Å²) in [7, 11) is 0. The second-order valence-corrected chi connectivity index (χ2v) is 5.96. The van der Waals surface area contributed by atoms with Crippen molar-refractivity contribution in [3.8, 4) is 0 Å². The third-order valence-electron chi connectivity index (χ3n) is 3.51. The van der Waals surface area contributed by atoms with Crippen LogP contribution in [0.4, 0.5) is 5.69 Å². The molecule has 0 heterocycles. The molecule has 1 rings (SSSR count). The number of carboxylic acids is 1. The Bertz CT molecular complexity index is 515. The van der Waals surface area contributed by atoms with E-state index < -0.39 is 11.4 Å². The minimum absolute atomic E-state index is 0.0677. The Balaban J connectivity index is 2.83. The zero-order valence-corrected chi connectivity index (χ0v) is 13.7. The molecule has 0 spiro atoms. The van der Waals surface area contributed by atoms with E-state index in [2.05, 4.69) is 21.2 Å². The van der Waals surface area contributed by atoms with Gasteiger partial charge in [0.05, 0.1) is 16.1 Å². The average molecular weight is 363 g/mol. The van der Waals surface area contributed by atoms with Crippen molar-refractivity contribution >= 4 is 45.1 Å². The van der Waals surface area contributed by atoms with Gasteiger partial charge in [-0.1, -0.05) is 41.4 Å². The molecule has 0 radical (unpaired) electrons. The number of carboxylic acid groups (broad SMARTS) is 1. The quantitative estimate of drug-likeness (QED) is 0.792. The van der Waals surface area contributed by atoms with Crippen LogP contribution in [0.15, 0.2) is 22.7 Å². The number of aliphatic carboxylic acids is 1. The fourth-order valence-corrected chi connectivity index (χ4v) is 2.69. The van der Waals surface area contributed by atoms with Gasteiger partial charge >= 0.3 is 5.97 Å². The second kappa shape index (κ2) is 7.09. The van der Waals surface area contributed by atoms with Gasteiger partial charge in [-0.05, 0) is 31.0 Å². The second-order valence-electron chi connectivity index (χ2n) is 4.64. The number of rotatable bonds is 6. The van der Waals surface area contributed by atoms with Crippen molar-refractivity contribution in [1.29, 1.82) is 0 Å². The Morgan fingerprint density at radius 3 is 2.40 bits per heavy atom. The van der Waals surface area contributed by atoms with E-state index in [0.29, 0.717) is 23.6 Å². The molecule has 0 aromatic heterocycles. The van der Waals surface area contributed by atoms with Crippen molar-refractivity contribution in [3.05, 3.63) is 27.7 Å². The summed E-state index contributed by atoms with van der Waals surface area (Å²) in [6, 6.07) is 5.09. The summed E-state index contributed by atoms with van der Waals surface area (Å²) in [5.41, 5.74) is -0.544. The molecule has 1 amide bonds. The monoisotopic (exact) mass is 361 g/mol. The Hall–Kier alpha value is -1.07. The van der Waals surface area contributed by atoms with Crippen molar-refractivity contribution in [2.24, 2.45) is 5.41 Å². The van der Waals surface area contributed by atoms with Gasteiger partial charge in [0.2, 0.25) is 5.91 Å². The van der Waals surface area contributed by atoms with E-state index in [0.717, 1.165) is 4.47 Å². The van der Waals surface area contributed by atoms with E-state index in [1.807, 2.05) is 0 Å². The number of benzene rings is 1. The highest BCUT2D eigenvalue weighted by atomic mass is 79.9. The Labute approximate surface area is 131 Å². The van der Waals surface area contributed by atoms with Crippen LogP contribution in [0.25, 0.3) is 0 Å². The summed E-state index contributed by atoms with van der Waals surface area (Å²) in [5.74, 6) is -1.29. The zero-order valence-electron chi connectivity index (χ0n) is 11.4. The molecule has 0 saturated carbocycles. The molecule has 110 valence electrons. The van der Waals surface area contributed by atoms with Gasteiger partial charge in [-0.15, -0.1) is 0 Å². The SMILES string of the molecule is CCC(CC)(CC(=O)Nc1ccc(Br)cc1Cl)C(=O)O. The molecular weight excluding hydrogens is 346 g/mol. The summed E-state index contributed by atoms with van der Waals surface area (Å²) in [6.07, 6.45) is 0.738. The van der Waals surface area contributed by atoms with E-state index in [9.17, 15) is 14.7 Å². The van der Waals surface area contributed by atoms with Gasteiger partial charge in [0.1, 0.15) is 0 Å². The lowest BCUT2D eigenvalue weighted by Gasteiger charge is -2.25. The third kappa shape index (κ3) is 3.96. The number of amides is 1. The highest BCUT2D eigenvalue weighted by Gasteiger charge is 2.37. The molecule has 4 nitrogen and oxygen atoms in total. The summed E-state index contributed by atoms with van der Waals surface area (Å²) in [4.78, 5) is 23.4. The van der Waals surface area contributed by atoms with Gasteiger partial charge in [0.15, 0.2) is 0 Å².